The molecular formula is C15H21N3. The van der Waals surface area contributed by atoms with E-state index in [0.717, 1.165) is 24.4 Å². The van der Waals surface area contributed by atoms with Crippen LogP contribution in [-0.4, -0.2) is 16.5 Å². The number of aryl methyl sites for hydroxylation is 4. The van der Waals surface area contributed by atoms with Gasteiger partial charge in [-0.05, 0) is 56.5 Å². The number of benzene rings is 1. The number of rotatable bonds is 4. The lowest BCUT2D eigenvalue weighted by Gasteiger charge is -2.08. The molecule has 1 heterocycles. The van der Waals surface area contributed by atoms with Gasteiger partial charge in [0, 0.05) is 12.0 Å². The van der Waals surface area contributed by atoms with Gasteiger partial charge in [0.15, 0.2) is 0 Å². The monoisotopic (exact) mass is 243 g/mol. The minimum Gasteiger partial charge on any atom is -0.342 e. The average molecular weight is 243 g/mol. The van der Waals surface area contributed by atoms with Crippen molar-refractivity contribution < 1.29 is 0 Å². The Morgan fingerprint density at radius 2 is 1.83 bits per heavy atom. The summed E-state index contributed by atoms with van der Waals surface area (Å²) in [4.78, 5) is 7.80. The van der Waals surface area contributed by atoms with Crippen LogP contribution in [0.2, 0.25) is 0 Å². The first-order valence-corrected chi connectivity index (χ1v) is 6.44. The third-order valence-electron chi connectivity index (χ3n) is 3.38. The number of H-pyrrole nitrogens is 1. The summed E-state index contributed by atoms with van der Waals surface area (Å²) < 4.78 is 0. The van der Waals surface area contributed by atoms with E-state index in [4.69, 9.17) is 5.73 Å². The molecule has 0 bridgehead atoms. The van der Waals surface area contributed by atoms with Crippen molar-refractivity contribution in [2.24, 2.45) is 5.73 Å². The maximum Gasteiger partial charge on any atom is 0.106 e. The molecule has 2 rings (SSSR count). The molecule has 0 saturated carbocycles. The third-order valence-corrected chi connectivity index (χ3v) is 3.38. The molecule has 0 amide bonds. The van der Waals surface area contributed by atoms with Gasteiger partial charge in [0.25, 0.3) is 0 Å². The highest BCUT2D eigenvalue weighted by atomic mass is 14.9. The Kier molecular flexibility index (Phi) is 3.82. The Morgan fingerprint density at radius 3 is 2.56 bits per heavy atom. The SMILES string of the molecule is Cc1cc(C)c(-c2cnc(CCCN)[nH]2)cc1C. The van der Waals surface area contributed by atoms with Crippen molar-refractivity contribution >= 4 is 0 Å². The molecule has 0 atom stereocenters. The van der Waals surface area contributed by atoms with Crippen LogP contribution < -0.4 is 5.73 Å². The molecule has 0 spiro atoms. The number of hydrogen-bond donors (Lipinski definition) is 2. The van der Waals surface area contributed by atoms with Gasteiger partial charge < -0.3 is 10.7 Å². The van der Waals surface area contributed by atoms with Gasteiger partial charge >= 0.3 is 0 Å². The van der Waals surface area contributed by atoms with Gasteiger partial charge in [0.2, 0.25) is 0 Å². The molecule has 18 heavy (non-hydrogen) atoms. The molecule has 0 aliphatic rings. The number of nitrogens with zero attached hydrogens (tertiary/aromatic N) is 1. The van der Waals surface area contributed by atoms with Gasteiger partial charge in [-0.25, -0.2) is 4.98 Å². The first-order chi connectivity index (χ1) is 8.61. The summed E-state index contributed by atoms with van der Waals surface area (Å²) in [6.07, 6.45) is 3.81. The molecule has 96 valence electrons. The number of aromatic amines is 1. The Balaban J connectivity index is 2.31. The molecule has 0 aliphatic carbocycles. The van der Waals surface area contributed by atoms with Crippen LogP contribution in [0, 0.1) is 20.8 Å². The van der Waals surface area contributed by atoms with E-state index in [1.165, 1.54) is 22.3 Å². The fraction of sp³-hybridized carbons (Fsp3) is 0.400. The van der Waals surface area contributed by atoms with Gasteiger partial charge in [0.05, 0.1) is 11.9 Å². The van der Waals surface area contributed by atoms with Gasteiger partial charge in [-0.15, -0.1) is 0 Å². The molecule has 0 fully saturated rings. The van der Waals surface area contributed by atoms with E-state index < -0.39 is 0 Å². The number of aromatic nitrogens is 2. The zero-order valence-corrected chi connectivity index (χ0v) is 11.4. The van der Waals surface area contributed by atoms with E-state index in [2.05, 4.69) is 42.9 Å². The maximum atomic E-state index is 5.51. The molecule has 3 nitrogen and oxygen atoms in total. The van der Waals surface area contributed by atoms with Crippen LogP contribution in [0.5, 0.6) is 0 Å². The highest BCUT2D eigenvalue weighted by Gasteiger charge is 2.07. The average Bonchev–Trinajstić information content (AvgIpc) is 2.79. The number of nitrogens with one attached hydrogen (secondary N) is 1. The Bertz CT molecular complexity index is 541. The quantitative estimate of drug-likeness (QED) is 0.867. The summed E-state index contributed by atoms with van der Waals surface area (Å²) in [5, 5.41) is 0. The fourth-order valence-electron chi connectivity index (χ4n) is 2.15. The normalized spacial score (nSPS) is 10.9. The topological polar surface area (TPSA) is 54.7 Å². The summed E-state index contributed by atoms with van der Waals surface area (Å²) in [7, 11) is 0. The summed E-state index contributed by atoms with van der Waals surface area (Å²) in [6, 6.07) is 4.45. The van der Waals surface area contributed by atoms with Gasteiger partial charge in [-0.2, -0.15) is 0 Å². The Labute approximate surface area is 108 Å². The molecular weight excluding hydrogens is 222 g/mol. The second-order valence-electron chi connectivity index (χ2n) is 4.89. The van der Waals surface area contributed by atoms with E-state index in [1.54, 1.807) is 0 Å². The van der Waals surface area contributed by atoms with E-state index >= 15 is 0 Å². The van der Waals surface area contributed by atoms with E-state index in [-0.39, 0.29) is 0 Å². The number of hydrogen-bond acceptors (Lipinski definition) is 2. The second kappa shape index (κ2) is 5.36. The third kappa shape index (κ3) is 2.62. The Hall–Kier alpha value is -1.61. The fourth-order valence-corrected chi connectivity index (χ4v) is 2.15. The summed E-state index contributed by atoms with van der Waals surface area (Å²) >= 11 is 0. The minimum atomic E-state index is 0.707. The zero-order valence-electron chi connectivity index (χ0n) is 11.4. The van der Waals surface area contributed by atoms with Gasteiger partial charge in [0.1, 0.15) is 5.82 Å². The van der Waals surface area contributed by atoms with Crippen LogP contribution in [0.3, 0.4) is 0 Å². The predicted molar refractivity (Wildman–Crippen MR) is 75.6 cm³/mol. The molecule has 0 saturated heterocycles. The first-order valence-electron chi connectivity index (χ1n) is 6.44. The van der Waals surface area contributed by atoms with Crippen molar-refractivity contribution in [1.82, 2.24) is 9.97 Å². The molecule has 1 aromatic carbocycles. The van der Waals surface area contributed by atoms with Crippen molar-refractivity contribution in [2.75, 3.05) is 6.54 Å². The minimum absolute atomic E-state index is 0.707. The lowest BCUT2D eigenvalue weighted by Crippen LogP contribution is -2.01. The number of imidazole rings is 1. The van der Waals surface area contributed by atoms with Crippen molar-refractivity contribution in [3.05, 3.63) is 40.8 Å². The van der Waals surface area contributed by atoms with E-state index in [0.29, 0.717) is 6.54 Å². The molecule has 3 heteroatoms. The van der Waals surface area contributed by atoms with Crippen LogP contribution in [0.1, 0.15) is 28.9 Å². The molecule has 0 unspecified atom stereocenters. The largest absolute Gasteiger partial charge is 0.342 e. The van der Waals surface area contributed by atoms with Crippen molar-refractivity contribution in [3.8, 4) is 11.3 Å². The van der Waals surface area contributed by atoms with Crippen LogP contribution in [0.15, 0.2) is 18.3 Å². The molecule has 1 aromatic heterocycles. The first kappa shape index (κ1) is 12.8. The molecule has 3 N–H and O–H groups in total. The van der Waals surface area contributed by atoms with Gasteiger partial charge in [-0.3, -0.25) is 0 Å². The smallest absolute Gasteiger partial charge is 0.106 e. The van der Waals surface area contributed by atoms with E-state index in [9.17, 15) is 0 Å². The van der Waals surface area contributed by atoms with Crippen molar-refractivity contribution in [2.45, 2.75) is 33.6 Å². The van der Waals surface area contributed by atoms with Crippen molar-refractivity contribution in [3.63, 3.8) is 0 Å². The van der Waals surface area contributed by atoms with E-state index in [1.807, 2.05) is 6.20 Å². The zero-order chi connectivity index (χ0) is 13.1. The predicted octanol–water partition coefficient (Wildman–Crippen LogP) is 2.89. The van der Waals surface area contributed by atoms with Crippen LogP contribution in [-0.2, 0) is 6.42 Å². The van der Waals surface area contributed by atoms with Crippen molar-refractivity contribution in [1.29, 1.82) is 0 Å². The lowest BCUT2D eigenvalue weighted by atomic mass is 9.99. The molecule has 0 radical (unpaired) electrons. The molecule has 0 aliphatic heterocycles. The van der Waals surface area contributed by atoms with Crippen LogP contribution >= 0.6 is 0 Å². The molecule has 2 aromatic rings. The maximum absolute atomic E-state index is 5.51. The Morgan fingerprint density at radius 1 is 1.11 bits per heavy atom. The van der Waals surface area contributed by atoms with Gasteiger partial charge in [-0.1, -0.05) is 6.07 Å². The summed E-state index contributed by atoms with van der Waals surface area (Å²) in [5.41, 5.74) is 11.8. The summed E-state index contributed by atoms with van der Waals surface area (Å²) in [6.45, 7) is 7.14. The second-order valence-corrected chi connectivity index (χ2v) is 4.89. The highest BCUT2D eigenvalue weighted by Crippen LogP contribution is 2.25. The lowest BCUT2D eigenvalue weighted by molar-refractivity contribution is 0.794. The number of nitrogens with two attached hydrogens (primary N) is 1. The van der Waals surface area contributed by atoms with Crippen LogP contribution in [0.4, 0.5) is 0 Å². The standard InChI is InChI=1S/C15H21N3/c1-10-7-12(3)13(8-11(10)2)14-9-17-15(18-14)5-4-6-16/h7-9H,4-6,16H2,1-3H3,(H,17,18). The highest BCUT2D eigenvalue weighted by molar-refractivity contribution is 5.64. The van der Waals surface area contributed by atoms with Crippen LogP contribution in [0.25, 0.3) is 11.3 Å². The summed E-state index contributed by atoms with van der Waals surface area (Å²) in [5.74, 6) is 1.02.